The lowest BCUT2D eigenvalue weighted by Gasteiger charge is -2.09. The van der Waals surface area contributed by atoms with Gasteiger partial charge in [-0.05, 0) is 32.0 Å². The minimum absolute atomic E-state index is 0.126. The molecule has 0 aliphatic carbocycles. The lowest BCUT2D eigenvalue weighted by atomic mass is 10.0. The first-order valence-corrected chi connectivity index (χ1v) is 7.00. The smallest absolute Gasteiger partial charge is 0.252 e. The van der Waals surface area contributed by atoms with Crippen LogP contribution in [-0.4, -0.2) is 35.0 Å². The minimum Gasteiger partial charge on any atom is -0.367 e. The molecule has 0 aliphatic heterocycles. The van der Waals surface area contributed by atoms with Crippen molar-refractivity contribution in [2.24, 2.45) is 0 Å². The number of amides is 1. The maximum absolute atomic E-state index is 12.1. The van der Waals surface area contributed by atoms with E-state index in [9.17, 15) is 9.59 Å². The summed E-state index contributed by atoms with van der Waals surface area (Å²) >= 11 is 0. The van der Waals surface area contributed by atoms with E-state index < -0.39 is 0 Å². The molecular weight excluding hydrogens is 280 g/mol. The second-order valence-corrected chi connectivity index (χ2v) is 4.84. The van der Waals surface area contributed by atoms with Gasteiger partial charge in [0.1, 0.15) is 5.82 Å². The van der Waals surface area contributed by atoms with Crippen LogP contribution in [0.25, 0.3) is 0 Å². The van der Waals surface area contributed by atoms with Crippen LogP contribution in [0.3, 0.4) is 0 Å². The molecule has 2 aromatic rings. The number of aryl methyl sites for hydroxylation is 1. The predicted octanol–water partition coefficient (Wildman–Crippen LogP) is 1.83. The monoisotopic (exact) mass is 298 g/mol. The zero-order valence-electron chi connectivity index (χ0n) is 12.6. The Morgan fingerprint density at radius 2 is 1.73 bits per heavy atom. The molecule has 0 saturated carbocycles. The molecule has 0 unspecified atom stereocenters. The Bertz CT molecular complexity index is 668. The highest BCUT2D eigenvalue weighted by Crippen LogP contribution is 2.09. The van der Waals surface area contributed by atoms with Gasteiger partial charge >= 0.3 is 0 Å². The number of nitrogens with one attached hydrogen (secondary N) is 2. The Kier molecular flexibility index (Phi) is 5.19. The van der Waals surface area contributed by atoms with Crippen molar-refractivity contribution in [1.29, 1.82) is 0 Å². The first-order chi connectivity index (χ1) is 10.6. The SMILES string of the molecule is CC(=O)c1ccccc1C(=O)NCCNc1ccc(C)nn1. The highest BCUT2D eigenvalue weighted by molar-refractivity contribution is 6.07. The number of benzene rings is 1. The average Bonchev–Trinajstić information content (AvgIpc) is 2.53. The number of carbonyl (C=O) groups excluding carboxylic acids is 2. The Balaban J connectivity index is 1.86. The van der Waals surface area contributed by atoms with Crippen LogP contribution in [0.1, 0.15) is 33.3 Å². The van der Waals surface area contributed by atoms with Crippen molar-refractivity contribution in [2.45, 2.75) is 13.8 Å². The van der Waals surface area contributed by atoms with Crippen molar-refractivity contribution in [1.82, 2.24) is 15.5 Å². The van der Waals surface area contributed by atoms with Gasteiger partial charge in [0, 0.05) is 18.7 Å². The normalized spacial score (nSPS) is 10.1. The van der Waals surface area contributed by atoms with Gasteiger partial charge < -0.3 is 10.6 Å². The fraction of sp³-hybridized carbons (Fsp3) is 0.250. The zero-order chi connectivity index (χ0) is 15.9. The third kappa shape index (κ3) is 4.12. The molecule has 22 heavy (non-hydrogen) atoms. The van der Waals surface area contributed by atoms with E-state index in [0.29, 0.717) is 30.0 Å². The fourth-order valence-corrected chi connectivity index (χ4v) is 1.94. The zero-order valence-corrected chi connectivity index (χ0v) is 12.6. The van der Waals surface area contributed by atoms with E-state index in [1.165, 1.54) is 6.92 Å². The molecule has 1 aromatic heterocycles. The molecule has 114 valence electrons. The number of anilines is 1. The van der Waals surface area contributed by atoms with Crippen LogP contribution in [0, 0.1) is 6.92 Å². The van der Waals surface area contributed by atoms with Crippen molar-refractivity contribution in [3.05, 3.63) is 53.2 Å². The van der Waals surface area contributed by atoms with Crippen molar-refractivity contribution < 1.29 is 9.59 Å². The Labute approximate surface area is 129 Å². The van der Waals surface area contributed by atoms with Gasteiger partial charge in [0.25, 0.3) is 5.91 Å². The number of hydrogen-bond acceptors (Lipinski definition) is 5. The number of ketones is 1. The molecule has 1 heterocycles. The largest absolute Gasteiger partial charge is 0.367 e. The van der Waals surface area contributed by atoms with Crippen LogP contribution in [0.15, 0.2) is 36.4 Å². The van der Waals surface area contributed by atoms with E-state index in [2.05, 4.69) is 20.8 Å². The lowest BCUT2D eigenvalue weighted by Crippen LogP contribution is -2.30. The molecule has 6 nitrogen and oxygen atoms in total. The summed E-state index contributed by atoms with van der Waals surface area (Å²) in [5.41, 5.74) is 1.67. The Morgan fingerprint density at radius 1 is 1.00 bits per heavy atom. The van der Waals surface area contributed by atoms with Gasteiger partial charge in [0.2, 0.25) is 0 Å². The molecule has 0 fully saturated rings. The molecule has 0 saturated heterocycles. The van der Waals surface area contributed by atoms with E-state index in [1.807, 2.05) is 19.1 Å². The van der Waals surface area contributed by atoms with E-state index in [0.717, 1.165) is 5.69 Å². The van der Waals surface area contributed by atoms with Gasteiger partial charge in [-0.25, -0.2) is 0 Å². The number of nitrogens with zero attached hydrogens (tertiary/aromatic N) is 2. The molecular formula is C16H18N4O2. The first kappa shape index (κ1) is 15.6. The van der Waals surface area contributed by atoms with Gasteiger partial charge in [-0.3, -0.25) is 9.59 Å². The molecule has 0 spiro atoms. The molecule has 2 rings (SSSR count). The van der Waals surface area contributed by atoms with E-state index >= 15 is 0 Å². The Hall–Kier alpha value is -2.76. The van der Waals surface area contributed by atoms with Crippen molar-refractivity contribution >= 4 is 17.5 Å². The van der Waals surface area contributed by atoms with Crippen LogP contribution < -0.4 is 10.6 Å². The molecule has 1 amide bonds. The van der Waals surface area contributed by atoms with Gasteiger partial charge in [-0.15, -0.1) is 5.10 Å². The molecule has 2 N–H and O–H groups in total. The number of carbonyl (C=O) groups is 2. The summed E-state index contributed by atoms with van der Waals surface area (Å²) in [6.45, 7) is 4.25. The number of hydrogen-bond donors (Lipinski definition) is 2. The summed E-state index contributed by atoms with van der Waals surface area (Å²) in [7, 11) is 0. The van der Waals surface area contributed by atoms with E-state index in [4.69, 9.17) is 0 Å². The molecule has 0 aliphatic rings. The molecule has 0 atom stereocenters. The quantitative estimate of drug-likeness (QED) is 0.628. The van der Waals surface area contributed by atoms with Crippen LogP contribution in [0.2, 0.25) is 0 Å². The number of aromatic nitrogens is 2. The van der Waals surface area contributed by atoms with E-state index in [-0.39, 0.29) is 11.7 Å². The maximum atomic E-state index is 12.1. The number of rotatable bonds is 6. The van der Waals surface area contributed by atoms with Gasteiger partial charge in [0.05, 0.1) is 11.3 Å². The highest BCUT2D eigenvalue weighted by Gasteiger charge is 2.12. The Morgan fingerprint density at radius 3 is 2.36 bits per heavy atom. The molecule has 0 radical (unpaired) electrons. The first-order valence-electron chi connectivity index (χ1n) is 7.00. The molecule has 0 bridgehead atoms. The van der Waals surface area contributed by atoms with Crippen molar-refractivity contribution in [3.63, 3.8) is 0 Å². The van der Waals surface area contributed by atoms with Gasteiger partial charge in [-0.1, -0.05) is 18.2 Å². The summed E-state index contributed by atoms with van der Waals surface area (Å²) in [5, 5.41) is 13.7. The minimum atomic E-state index is -0.261. The summed E-state index contributed by atoms with van der Waals surface area (Å²) in [4.78, 5) is 23.6. The van der Waals surface area contributed by atoms with Gasteiger partial charge in [0.15, 0.2) is 5.78 Å². The van der Waals surface area contributed by atoms with Crippen LogP contribution >= 0.6 is 0 Å². The number of Topliss-reactive ketones (excluding diaryl/α,β-unsaturated/α-hetero) is 1. The summed E-state index contributed by atoms with van der Waals surface area (Å²) in [6.07, 6.45) is 0. The highest BCUT2D eigenvalue weighted by atomic mass is 16.2. The second kappa shape index (κ2) is 7.31. The van der Waals surface area contributed by atoms with Crippen molar-refractivity contribution in [2.75, 3.05) is 18.4 Å². The topological polar surface area (TPSA) is 84.0 Å². The third-order valence-corrected chi connectivity index (χ3v) is 3.07. The second-order valence-electron chi connectivity index (χ2n) is 4.84. The summed E-state index contributed by atoms with van der Waals surface area (Å²) in [6, 6.07) is 10.5. The fourth-order valence-electron chi connectivity index (χ4n) is 1.94. The summed E-state index contributed by atoms with van der Waals surface area (Å²) in [5.74, 6) is 0.269. The maximum Gasteiger partial charge on any atom is 0.252 e. The predicted molar refractivity (Wildman–Crippen MR) is 84.0 cm³/mol. The third-order valence-electron chi connectivity index (χ3n) is 3.07. The van der Waals surface area contributed by atoms with Crippen LogP contribution in [0.5, 0.6) is 0 Å². The van der Waals surface area contributed by atoms with Gasteiger partial charge in [-0.2, -0.15) is 5.10 Å². The van der Waals surface area contributed by atoms with Crippen LogP contribution in [0.4, 0.5) is 5.82 Å². The lowest BCUT2D eigenvalue weighted by molar-refractivity contribution is 0.0940. The average molecular weight is 298 g/mol. The van der Waals surface area contributed by atoms with E-state index in [1.54, 1.807) is 24.3 Å². The van der Waals surface area contributed by atoms with Crippen LogP contribution in [-0.2, 0) is 0 Å². The molecule has 1 aromatic carbocycles. The molecule has 6 heteroatoms. The van der Waals surface area contributed by atoms with Crippen molar-refractivity contribution in [3.8, 4) is 0 Å². The standard InChI is InChI=1S/C16H18N4O2/c1-11-7-8-15(20-19-11)17-9-10-18-16(22)14-6-4-3-5-13(14)12(2)21/h3-8H,9-10H2,1-2H3,(H,17,20)(H,18,22). The summed E-state index contributed by atoms with van der Waals surface area (Å²) < 4.78 is 0.